The highest BCUT2D eigenvalue weighted by Gasteiger charge is 2.02. The predicted octanol–water partition coefficient (Wildman–Crippen LogP) is 1.74. The summed E-state index contributed by atoms with van der Waals surface area (Å²) >= 11 is 0. The fourth-order valence-corrected chi connectivity index (χ4v) is 1.21. The van der Waals surface area contributed by atoms with Crippen LogP contribution in [0.15, 0.2) is 18.2 Å². The lowest BCUT2D eigenvalue weighted by Gasteiger charge is -2.10. The lowest BCUT2D eigenvalue weighted by Crippen LogP contribution is -2.10. The largest absolute Gasteiger partial charge is 0.508 e. The molecule has 0 spiro atoms. The minimum atomic E-state index is 0.248. The van der Waals surface area contributed by atoms with Gasteiger partial charge in [-0.2, -0.15) is 0 Å². The van der Waals surface area contributed by atoms with Gasteiger partial charge in [0.1, 0.15) is 18.1 Å². The molecule has 0 atom stereocenters. The molecule has 4 nitrogen and oxygen atoms in total. The molecule has 0 amide bonds. The van der Waals surface area contributed by atoms with Crippen LogP contribution >= 0.6 is 0 Å². The minimum absolute atomic E-state index is 0.248. The summed E-state index contributed by atoms with van der Waals surface area (Å²) in [6.45, 7) is 3.95. The van der Waals surface area contributed by atoms with Gasteiger partial charge >= 0.3 is 0 Å². The molecule has 1 aromatic rings. The molecule has 1 rings (SSSR count). The number of hydrogen-bond acceptors (Lipinski definition) is 4. The van der Waals surface area contributed by atoms with Gasteiger partial charge in [-0.3, -0.25) is 0 Å². The number of aromatic hydroxyl groups is 1. The molecule has 0 unspecified atom stereocenters. The molecule has 0 saturated heterocycles. The molecule has 0 aliphatic rings. The third kappa shape index (κ3) is 4.08. The summed E-state index contributed by atoms with van der Waals surface area (Å²) in [5, 5.41) is 9.44. The van der Waals surface area contributed by atoms with E-state index in [1.807, 2.05) is 13.0 Å². The van der Waals surface area contributed by atoms with Crippen LogP contribution < -0.4 is 4.74 Å². The Labute approximate surface area is 95.8 Å². The van der Waals surface area contributed by atoms with Crippen LogP contribution in [-0.4, -0.2) is 38.6 Å². The summed E-state index contributed by atoms with van der Waals surface area (Å²) in [6.07, 6.45) is 0. The van der Waals surface area contributed by atoms with E-state index in [0.717, 1.165) is 5.56 Å². The Balaban J connectivity index is 2.24. The second kappa shape index (κ2) is 7.09. The first kappa shape index (κ1) is 12.8. The van der Waals surface area contributed by atoms with Crippen LogP contribution in [0.1, 0.15) is 5.56 Å². The van der Waals surface area contributed by atoms with Crippen LogP contribution in [0.2, 0.25) is 0 Å². The van der Waals surface area contributed by atoms with Crippen LogP contribution in [0.4, 0.5) is 0 Å². The van der Waals surface area contributed by atoms with E-state index in [2.05, 4.69) is 0 Å². The molecule has 0 bridgehead atoms. The molecular weight excluding hydrogens is 208 g/mol. The van der Waals surface area contributed by atoms with E-state index in [1.165, 1.54) is 0 Å². The first-order valence-corrected chi connectivity index (χ1v) is 5.23. The van der Waals surface area contributed by atoms with E-state index in [9.17, 15) is 5.11 Å². The van der Waals surface area contributed by atoms with Crippen LogP contribution in [0.5, 0.6) is 11.5 Å². The number of methoxy groups -OCH3 is 1. The van der Waals surface area contributed by atoms with E-state index in [4.69, 9.17) is 14.2 Å². The monoisotopic (exact) mass is 226 g/mol. The number of phenolic OH excluding ortho intramolecular Hbond substituents is 1. The second-order valence-corrected chi connectivity index (χ2v) is 3.35. The summed E-state index contributed by atoms with van der Waals surface area (Å²) < 4.78 is 15.6. The van der Waals surface area contributed by atoms with Gasteiger partial charge in [-0.05, 0) is 19.1 Å². The second-order valence-electron chi connectivity index (χ2n) is 3.35. The van der Waals surface area contributed by atoms with E-state index in [0.29, 0.717) is 32.2 Å². The first-order chi connectivity index (χ1) is 7.75. The van der Waals surface area contributed by atoms with Gasteiger partial charge in [0.25, 0.3) is 0 Å². The molecule has 0 aliphatic heterocycles. The van der Waals surface area contributed by atoms with Crippen molar-refractivity contribution in [3.05, 3.63) is 23.8 Å². The van der Waals surface area contributed by atoms with Crippen LogP contribution in [0, 0.1) is 6.92 Å². The van der Waals surface area contributed by atoms with Crippen molar-refractivity contribution >= 4 is 0 Å². The Bertz CT molecular complexity index is 312. The standard InChI is InChI=1S/C12H18O4/c1-10-11(13)4-3-5-12(10)16-9-8-15-7-6-14-2/h3-5,13H,6-9H2,1-2H3. The maximum absolute atomic E-state index is 9.44. The molecule has 90 valence electrons. The normalized spacial score (nSPS) is 10.4. The zero-order valence-corrected chi connectivity index (χ0v) is 9.73. The molecule has 0 aromatic heterocycles. The molecular formula is C12H18O4. The number of benzene rings is 1. The van der Waals surface area contributed by atoms with E-state index in [-0.39, 0.29) is 5.75 Å². The molecule has 4 heteroatoms. The fraction of sp³-hybridized carbons (Fsp3) is 0.500. The molecule has 1 aromatic carbocycles. The summed E-state index contributed by atoms with van der Waals surface area (Å²) in [6, 6.07) is 5.21. The van der Waals surface area contributed by atoms with Crippen molar-refractivity contribution in [3.8, 4) is 11.5 Å². The topological polar surface area (TPSA) is 47.9 Å². The van der Waals surface area contributed by atoms with Crippen molar-refractivity contribution in [2.75, 3.05) is 33.5 Å². The van der Waals surface area contributed by atoms with Gasteiger partial charge in [0.15, 0.2) is 0 Å². The van der Waals surface area contributed by atoms with Gasteiger partial charge in [-0.15, -0.1) is 0 Å². The van der Waals surface area contributed by atoms with Gasteiger partial charge in [0.2, 0.25) is 0 Å². The highest BCUT2D eigenvalue weighted by atomic mass is 16.5. The number of hydrogen-bond donors (Lipinski definition) is 1. The average Bonchev–Trinajstić information content (AvgIpc) is 2.29. The first-order valence-electron chi connectivity index (χ1n) is 5.23. The smallest absolute Gasteiger partial charge is 0.126 e. The van der Waals surface area contributed by atoms with E-state index < -0.39 is 0 Å². The summed E-state index contributed by atoms with van der Waals surface area (Å²) in [4.78, 5) is 0. The van der Waals surface area contributed by atoms with Crippen molar-refractivity contribution in [1.29, 1.82) is 0 Å². The molecule has 0 fully saturated rings. The Morgan fingerprint density at radius 2 is 1.88 bits per heavy atom. The van der Waals surface area contributed by atoms with Crippen LogP contribution in [0.3, 0.4) is 0 Å². The van der Waals surface area contributed by atoms with E-state index in [1.54, 1.807) is 19.2 Å². The van der Waals surface area contributed by atoms with Gasteiger partial charge in [0, 0.05) is 12.7 Å². The SMILES string of the molecule is COCCOCCOc1cccc(O)c1C. The Kier molecular flexibility index (Phi) is 5.67. The number of rotatable bonds is 7. The van der Waals surface area contributed by atoms with E-state index >= 15 is 0 Å². The Hall–Kier alpha value is -1.26. The van der Waals surface area contributed by atoms with Crippen molar-refractivity contribution < 1.29 is 19.3 Å². The summed E-state index contributed by atoms with van der Waals surface area (Å²) in [5.41, 5.74) is 0.749. The average molecular weight is 226 g/mol. The van der Waals surface area contributed by atoms with Crippen molar-refractivity contribution in [1.82, 2.24) is 0 Å². The third-order valence-corrected chi connectivity index (χ3v) is 2.17. The van der Waals surface area contributed by atoms with Crippen molar-refractivity contribution in [3.63, 3.8) is 0 Å². The Morgan fingerprint density at radius 3 is 2.62 bits per heavy atom. The quantitative estimate of drug-likeness (QED) is 0.719. The molecule has 1 N–H and O–H groups in total. The molecule has 0 saturated carbocycles. The van der Waals surface area contributed by atoms with Crippen molar-refractivity contribution in [2.24, 2.45) is 0 Å². The van der Waals surface area contributed by atoms with Crippen LogP contribution in [-0.2, 0) is 9.47 Å². The predicted molar refractivity (Wildman–Crippen MR) is 61.0 cm³/mol. The summed E-state index contributed by atoms with van der Waals surface area (Å²) in [5.74, 6) is 0.938. The zero-order valence-electron chi connectivity index (χ0n) is 9.73. The van der Waals surface area contributed by atoms with Gasteiger partial charge < -0.3 is 19.3 Å². The number of ether oxygens (including phenoxy) is 3. The minimum Gasteiger partial charge on any atom is -0.508 e. The maximum Gasteiger partial charge on any atom is 0.126 e. The van der Waals surface area contributed by atoms with Gasteiger partial charge in [-0.25, -0.2) is 0 Å². The summed E-state index contributed by atoms with van der Waals surface area (Å²) in [7, 11) is 1.63. The molecule has 0 radical (unpaired) electrons. The van der Waals surface area contributed by atoms with Gasteiger partial charge in [0.05, 0.1) is 19.8 Å². The van der Waals surface area contributed by atoms with Gasteiger partial charge in [-0.1, -0.05) is 6.07 Å². The molecule has 0 heterocycles. The molecule has 0 aliphatic carbocycles. The highest BCUT2D eigenvalue weighted by molar-refractivity contribution is 5.42. The highest BCUT2D eigenvalue weighted by Crippen LogP contribution is 2.25. The zero-order chi connectivity index (χ0) is 11.8. The third-order valence-electron chi connectivity index (χ3n) is 2.17. The number of phenols is 1. The molecule has 16 heavy (non-hydrogen) atoms. The van der Waals surface area contributed by atoms with Crippen molar-refractivity contribution in [2.45, 2.75) is 6.92 Å². The van der Waals surface area contributed by atoms with Crippen LogP contribution in [0.25, 0.3) is 0 Å². The Morgan fingerprint density at radius 1 is 1.12 bits per heavy atom. The fourth-order valence-electron chi connectivity index (χ4n) is 1.21. The lowest BCUT2D eigenvalue weighted by molar-refractivity contribution is 0.0543. The maximum atomic E-state index is 9.44. The lowest BCUT2D eigenvalue weighted by atomic mass is 10.2.